The van der Waals surface area contributed by atoms with Gasteiger partial charge in [0, 0.05) is 6.08 Å². The first-order valence-corrected chi connectivity index (χ1v) is 11.5. The van der Waals surface area contributed by atoms with Gasteiger partial charge in [-0.1, -0.05) is 43.7 Å². The van der Waals surface area contributed by atoms with Gasteiger partial charge in [-0.15, -0.1) is 0 Å². The Bertz CT molecular complexity index is 699. The zero-order valence-corrected chi connectivity index (χ0v) is 17.8. The van der Waals surface area contributed by atoms with Gasteiger partial charge in [-0.25, -0.2) is 0 Å². The van der Waals surface area contributed by atoms with Gasteiger partial charge in [-0.3, -0.25) is 4.79 Å². The Morgan fingerprint density at radius 2 is 1.76 bits per heavy atom. The van der Waals surface area contributed by atoms with Gasteiger partial charge >= 0.3 is 5.97 Å². The normalized spacial score (nSPS) is 27.4. The second-order valence-corrected chi connectivity index (χ2v) is 8.86. The van der Waals surface area contributed by atoms with Gasteiger partial charge in [0.25, 0.3) is 0 Å². The molecule has 2 saturated carbocycles. The summed E-state index contributed by atoms with van der Waals surface area (Å²) in [6.07, 6.45) is 15.3. The molecule has 0 heterocycles. The number of benzene rings is 1. The summed E-state index contributed by atoms with van der Waals surface area (Å²) in [4.78, 5) is 12.6. The maximum atomic E-state index is 12.6. The summed E-state index contributed by atoms with van der Waals surface area (Å²) in [6.45, 7) is 2.24. The number of hydrogen-bond acceptors (Lipinski definition) is 3. The maximum Gasteiger partial charge on any atom is 0.309 e. The number of allylic oxidation sites excluding steroid dienone is 2. The second kappa shape index (κ2) is 11.2. The van der Waals surface area contributed by atoms with E-state index in [0.29, 0.717) is 11.8 Å². The van der Waals surface area contributed by atoms with Crippen molar-refractivity contribution >= 4 is 5.97 Å². The summed E-state index contributed by atoms with van der Waals surface area (Å²) in [7, 11) is 0. The molecule has 1 aromatic carbocycles. The lowest BCUT2D eigenvalue weighted by atomic mass is 9.81. The summed E-state index contributed by atoms with van der Waals surface area (Å²) in [5.41, 5.74) is 2.88. The number of unbranched alkanes of at least 4 members (excludes halogenated alkanes) is 1. The summed E-state index contributed by atoms with van der Waals surface area (Å²) >= 11 is 0. The van der Waals surface area contributed by atoms with Crippen LogP contribution in [0.4, 0.5) is 0 Å². The largest absolute Gasteiger partial charge is 0.462 e. The molecule has 0 amide bonds. The first-order chi connectivity index (χ1) is 14.2. The van der Waals surface area contributed by atoms with Crippen molar-refractivity contribution in [2.24, 2.45) is 11.8 Å². The van der Waals surface area contributed by atoms with Gasteiger partial charge in [0.1, 0.15) is 6.10 Å². The second-order valence-electron chi connectivity index (χ2n) is 8.86. The first kappa shape index (κ1) is 21.6. The van der Waals surface area contributed by atoms with Crippen LogP contribution >= 0.6 is 0 Å². The highest BCUT2D eigenvalue weighted by Gasteiger charge is 2.30. The summed E-state index contributed by atoms with van der Waals surface area (Å²) in [5.74, 6) is 1.11. The third-order valence-corrected chi connectivity index (χ3v) is 6.78. The molecule has 0 aliphatic heterocycles. The van der Waals surface area contributed by atoms with E-state index >= 15 is 0 Å². The molecule has 29 heavy (non-hydrogen) atoms. The van der Waals surface area contributed by atoms with E-state index in [4.69, 9.17) is 10.00 Å². The zero-order valence-electron chi connectivity index (χ0n) is 17.8. The predicted octanol–water partition coefficient (Wildman–Crippen LogP) is 6.48. The molecule has 0 unspecified atom stereocenters. The Morgan fingerprint density at radius 3 is 2.38 bits per heavy atom. The van der Waals surface area contributed by atoms with Crippen molar-refractivity contribution in [1.82, 2.24) is 0 Å². The fourth-order valence-corrected chi connectivity index (χ4v) is 4.84. The highest BCUT2D eigenvalue weighted by molar-refractivity contribution is 5.72. The van der Waals surface area contributed by atoms with Crippen molar-refractivity contribution in [3.63, 3.8) is 0 Å². The maximum absolute atomic E-state index is 12.6. The van der Waals surface area contributed by atoms with Crippen molar-refractivity contribution in [1.29, 1.82) is 5.26 Å². The Morgan fingerprint density at radius 1 is 1.07 bits per heavy atom. The molecule has 0 radical (unpaired) electrons. The van der Waals surface area contributed by atoms with Crippen molar-refractivity contribution in [2.45, 2.75) is 89.6 Å². The molecular formula is C26H35NO2. The monoisotopic (exact) mass is 393 g/mol. The van der Waals surface area contributed by atoms with Crippen molar-refractivity contribution in [2.75, 3.05) is 0 Å². The Balaban J connectivity index is 1.40. The number of nitrogens with zero attached hydrogens (tertiary/aromatic N) is 1. The van der Waals surface area contributed by atoms with Gasteiger partial charge in [0.15, 0.2) is 0 Å². The first-order valence-electron chi connectivity index (χ1n) is 11.5. The van der Waals surface area contributed by atoms with E-state index in [1.807, 2.05) is 6.08 Å². The molecule has 3 nitrogen and oxygen atoms in total. The lowest BCUT2D eigenvalue weighted by Crippen LogP contribution is -2.29. The number of ether oxygens (including phenoxy) is 1. The zero-order chi connectivity index (χ0) is 20.5. The Hall–Kier alpha value is -2.08. The molecule has 0 saturated heterocycles. The van der Waals surface area contributed by atoms with Crippen LogP contribution < -0.4 is 0 Å². The molecule has 0 N–H and O–H groups in total. The molecular weight excluding hydrogens is 358 g/mol. The van der Waals surface area contributed by atoms with Crippen LogP contribution in [0.2, 0.25) is 0 Å². The average molecular weight is 394 g/mol. The number of carbonyl (C=O) groups excluding carboxylic acids is 1. The molecule has 156 valence electrons. The number of esters is 1. The van der Waals surface area contributed by atoms with Crippen LogP contribution in [0.15, 0.2) is 36.4 Å². The van der Waals surface area contributed by atoms with E-state index in [1.165, 1.54) is 30.4 Å². The van der Waals surface area contributed by atoms with E-state index in [-0.39, 0.29) is 18.0 Å². The number of aryl methyl sites for hydroxylation is 1. The van der Waals surface area contributed by atoms with E-state index in [2.05, 4.69) is 37.3 Å². The summed E-state index contributed by atoms with van der Waals surface area (Å²) < 4.78 is 5.89. The van der Waals surface area contributed by atoms with Crippen molar-refractivity contribution < 1.29 is 9.53 Å². The van der Waals surface area contributed by atoms with Crippen LogP contribution in [0.5, 0.6) is 0 Å². The van der Waals surface area contributed by atoms with E-state index in [1.54, 1.807) is 6.08 Å². The van der Waals surface area contributed by atoms with Crippen molar-refractivity contribution in [3.05, 3.63) is 47.5 Å². The minimum atomic E-state index is 0.0106. The number of carbonyl (C=O) groups is 1. The lowest BCUT2D eigenvalue weighted by molar-refractivity contribution is -0.157. The smallest absolute Gasteiger partial charge is 0.309 e. The molecule has 3 heteroatoms. The summed E-state index contributed by atoms with van der Waals surface area (Å²) in [5, 5.41) is 8.64. The van der Waals surface area contributed by atoms with Gasteiger partial charge in [0.05, 0.1) is 12.0 Å². The van der Waals surface area contributed by atoms with Crippen LogP contribution in [0.25, 0.3) is 0 Å². The third-order valence-electron chi connectivity index (χ3n) is 6.78. The van der Waals surface area contributed by atoms with Gasteiger partial charge in [0.2, 0.25) is 0 Å². The van der Waals surface area contributed by atoms with E-state index < -0.39 is 0 Å². The van der Waals surface area contributed by atoms with Crippen molar-refractivity contribution in [3.8, 4) is 6.07 Å². The molecule has 1 aromatic rings. The minimum Gasteiger partial charge on any atom is -0.462 e. The van der Waals surface area contributed by atoms with Crippen LogP contribution in [-0.2, 0) is 16.0 Å². The highest BCUT2D eigenvalue weighted by atomic mass is 16.5. The molecule has 0 aromatic heterocycles. The topological polar surface area (TPSA) is 50.1 Å². The Kier molecular flexibility index (Phi) is 8.35. The van der Waals surface area contributed by atoms with E-state index in [9.17, 15) is 4.79 Å². The highest BCUT2D eigenvalue weighted by Crippen LogP contribution is 2.36. The number of hydrogen-bond donors (Lipinski definition) is 0. The standard InChI is InChI=1S/C26H35NO2/c1-2-3-5-20-7-11-22(12-8-20)23-15-17-25(18-16-23)29-26(28)24-13-9-21(10-14-24)6-4-19-27/h4,6-8,11-12,21,23-25H,2-3,5,9-10,13-18H2,1H3. The molecule has 0 bridgehead atoms. The molecule has 2 fully saturated rings. The SMILES string of the molecule is CCCCc1ccc(C2CCC(OC(=O)C3CCC(C=CC#N)CC3)CC2)cc1. The van der Waals surface area contributed by atoms with Crippen LogP contribution in [0.1, 0.15) is 88.2 Å². The van der Waals surface area contributed by atoms with Crippen LogP contribution in [0, 0.1) is 23.2 Å². The Labute approximate surface area is 176 Å². The minimum absolute atomic E-state index is 0.0106. The van der Waals surface area contributed by atoms with Crippen LogP contribution in [-0.4, -0.2) is 12.1 Å². The fourth-order valence-electron chi connectivity index (χ4n) is 4.84. The number of rotatable bonds is 7. The molecule has 3 rings (SSSR count). The number of nitriles is 1. The van der Waals surface area contributed by atoms with Crippen LogP contribution in [0.3, 0.4) is 0 Å². The average Bonchev–Trinajstić information content (AvgIpc) is 2.77. The summed E-state index contributed by atoms with van der Waals surface area (Å²) in [6, 6.07) is 11.3. The molecule has 0 spiro atoms. The lowest BCUT2D eigenvalue weighted by Gasteiger charge is -2.31. The van der Waals surface area contributed by atoms with Gasteiger partial charge < -0.3 is 4.74 Å². The third kappa shape index (κ3) is 6.46. The fraction of sp³-hybridized carbons (Fsp3) is 0.615. The molecule has 2 aliphatic carbocycles. The molecule has 2 aliphatic rings. The van der Waals surface area contributed by atoms with Gasteiger partial charge in [-0.05, 0) is 87.2 Å². The van der Waals surface area contributed by atoms with E-state index in [0.717, 1.165) is 51.4 Å². The quantitative estimate of drug-likeness (QED) is 0.393. The predicted molar refractivity (Wildman–Crippen MR) is 116 cm³/mol. The van der Waals surface area contributed by atoms with Gasteiger partial charge in [-0.2, -0.15) is 5.26 Å². The molecule has 0 atom stereocenters.